The molecule has 16 rings (SSSR count). The Morgan fingerprint density at radius 1 is 0.388 bits per heavy atom. The summed E-state index contributed by atoms with van der Waals surface area (Å²) in [6, 6.07) is 50.3. The topological polar surface area (TPSA) is 479 Å². The number of ether oxygens (including phenoxy) is 8. The minimum absolute atomic E-state index is 0.00598. The van der Waals surface area contributed by atoms with Gasteiger partial charge in [0.15, 0.2) is 57.4 Å². The molecule has 1 saturated carbocycles. The largest absolute Gasteiger partial charge is 0.493 e. The Hall–Kier alpha value is -16.6. The zero-order valence-corrected chi connectivity index (χ0v) is 76.4. The summed E-state index contributed by atoms with van der Waals surface area (Å²) in [5.41, 5.74) is 17.3. The van der Waals surface area contributed by atoms with Crippen molar-refractivity contribution in [3.8, 4) is 46.0 Å². The van der Waals surface area contributed by atoms with E-state index in [0.29, 0.717) is 133 Å². The Morgan fingerprint density at radius 2 is 0.731 bits per heavy atom. The summed E-state index contributed by atoms with van der Waals surface area (Å²) in [5, 5.41) is 26.9. The Balaban J connectivity index is 0.000000151. The molecule has 40 heteroatoms. The van der Waals surface area contributed by atoms with Crippen LogP contribution in [-0.2, 0) is 52.5 Å². The first-order valence-electron chi connectivity index (χ1n) is 40.7. The number of rotatable bonds is 33. The Kier molecular flexibility index (Phi) is 32.1. The zero-order valence-electron chi connectivity index (χ0n) is 74.0. The van der Waals surface area contributed by atoms with Crippen LogP contribution in [0.15, 0.2) is 263 Å². The second-order valence-corrected chi connectivity index (χ2v) is 33.8. The fourth-order valence-corrected chi connectivity index (χ4v) is 15.4. The predicted octanol–water partition coefficient (Wildman–Crippen LogP) is 16.8. The highest BCUT2D eigenvalue weighted by Crippen LogP contribution is 2.41. The number of methoxy groups -OCH3 is 8. The van der Waals surface area contributed by atoms with Gasteiger partial charge in [0.05, 0.1) is 102 Å². The fraction of sp³-hybridized carbons (Fsp3) is 0.160. The van der Waals surface area contributed by atoms with Gasteiger partial charge in [0.1, 0.15) is 60.7 Å². The standard InChI is InChI=1S/C20H19N3O3.C19H22N6O2S.C19H18N4O3.2C18H18N4O4S/c1-4-15(24)9-13-5-7-14(8-6-13)23-20-16-10-18(25-2)19(26-3)11-17(16)21-12-22-20;1-2-28(26,27)24-14-7-5-6-13(10-14)11-16-17-18(20)21-12-22-19(17)25(23-16)15-8-3-4-9-15;1-4-18(24)22-12-6-5-7-13(8-12)23-19-14-9-16(25-2)17(26-3)10-15(14)20-11-21-19;1-4-27(23,24)22-13-7-5-12(6-8-13)21-18-14-9-16(25-2)17(26-3)10-15(14)19-11-20-18;1-4-27(23,24)22-13-7-5-6-12(8-13)21-18-14-9-16(25-2)17(26-3)10-15(14)19-11-20-18/h4-8,10-12H,1,9H2,2-3H3,(H,21,22,23);2,5-7,10,12,15,24H,1,3-4,8-9,11H2,(H2,20,21,22);4-11H,1H2,2-3H3,(H,22,24)(H,20,21,23);2*4-11,22H,1H2,2-3H3,(H,19,20,21). The normalized spacial score (nSPS) is 11.6. The van der Waals surface area contributed by atoms with Crippen molar-refractivity contribution in [2.75, 3.05) is 103 Å². The van der Waals surface area contributed by atoms with Crippen LogP contribution in [0, 0.1) is 0 Å². The molecule has 690 valence electrons. The first-order valence-corrected chi connectivity index (χ1v) is 45.4. The molecule has 10 N–H and O–H groups in total. The van der Waals surface area contributed by atoms with Gasteiger partial charge in [-0.25, -0.2) is 79.8 Å². The van der Waals surface area contributed by atoms with Gasteiger partial charge in [-0.3, -0.25) is 23.8 Å². The van der Waals surface area contributed by atoms with Crippen LogP contribution >= 0.6 is 0 Å². The fourth-order valence-electron chi connectivity index (χ4n) is 13.8. The average molecular weight is 1870 g/mol. The van der Waals surface area contributed by atoms with Gasteiger partial charge in [-0.15, -0.1) is 0 Å². The average Bonchev–Trinajstić information content (AvgIpc) is 1.59. The number of carbonyl (C=O) groups is 2. The molecule has 0 saturated heterocycles. The van der Waals surface area contributed by atoms with Crippen molar-refractivity contribution in [2.45, 2.75) is 44.6 Å². The molecule has 0 radical (unpaired) electrons. The molecule has 1 amide bonds. The van der Waals surface area contributed by atoms with E-state index in [9.17, 15) is 34.8 Å². The molecule has 0 bridgehead atoms. The smallest absolute Gasteiger partial charge is 0.254 e. The SMILES string of the molecule is C=CC(=O)Cc1ccc(Nc2ncnc3cc(OC)c(OC)cc23)cc1.C=CC(=O)Nc1cccc(Nc2ncnc3cc(OC)c(OC)cc23)c1.C=CS(=O)(=O)Nc1ccc(Nc2ncnc3cc(OC)c(OC)cc23)cc1.C=CS(=O)(=O)Nc1cccc(Cc2nn(C3CCCC3)c3ncnc(N)c23)c1.C=CS(=O)(=O)Nc1cccc(Nc2ncnc3cc(OC)c(OC)cc23)c1. The summed E-state index contributed by atoms with van der Waals surface area (Å²) >= 11 is 0. The molecule has 9 aromatic carbocycles. The first-order chi connectivity index (χ1) is 64.6. The van der Waals surface area contributed by atoms with Crippen molar-refractivity contribution in [3.05, 3.63) is 280 Å². The molecule has 1 aliphatic carbocycles. The lowest BCUT2D eigenvalue weighted by molar-refractivity contribution is -0.114. The van der Waals surface area contributed by atoms with Gasteiger partial charge in [-0.2, -0.15) is 5.10 Å². The van der Waals surface area contributed by atoms with E-state index in [4.69, 9.17) is 48.7 Å². The Bertz CT molecular complexity index is 7220. The Labute approximate surface area is 772 Å². The third-order valence-electron chi connectivity index (χ3n) is 20.2. The highest BCUT2D eigenvalue weighted by atomic mass is 32.2. The van der Waals surface area contributed by atoms with Crippen LogP contribution in [0.1, 0.15) is 48.5 Å². The first kappa shape index (κ1) is 96.5. The summed E-state index contributed by atoms with van der Waals surface area (Å²) in [4.78, 5) is 65.8. The Morgan fingerprint density at radius 3 is 1.13 bits per heavy atom. The van der Waals surface area contributed by atoms with E-state index in [1.807, 2.05) is 65.3 Å². The zero-order chi connectivity index (χ0) is 95.6. The maximum atomic E-state index is 11.7. The molecule has 0 unspecified atom stereocenters. The van der Waals surface area contributed by atoms with Crippen molar-refractivity contribution < 1.29 is 72.7 Å². The van der Waals surface area contributed by atoms with Crippen molar-refractivity contribution in [2.24, 2.45) is 0 Å². The van der Waals surface area contributed by atoms with Gasteiger partial charge in [0, 0.05) is 115 Å². The molecule has 6 aromatic heterocycles. The summed E-state index contributed by atoms with van der Waals surface area (Å²) in [6.07, 6.45) is 15.3. The molecule has 1 fully saturated rings. The van der Waals surface area contributed by atoms with Crippen LogP contribution < -0.4 is 84.4 Å². The maximum Gasteiger partial charge on any atom is 0.254 e. The summed E-state index contributed by atoms with van der Waals surface area (Å²) in [5.74, 6) is 7.20. The van der Waals surface area contributed by atoms with E-state index in [1.54, 1.807) is 166 Å². The molecule has 37 nitrogen and oxygen atoms in total. The van der Waals surface area contributed by atoms with Gasteiger partial charge in [-0.1, -0.05) is 82.1 Å². The molecule has 6 heterocycles. The van der Waals surface area contributed by atoms with Gasteiger partial charge in [-0.05, 0) is 145 Å². The number of carbonyl (C=O) groups excluding carboxylic acids is 2. The number of nitrogen functional groups attached to an aromatic ring is 1. The van der Waals surface area contributed by atoms with Gasteiger partial charge < -0.3 is 70.2 Å². The number of aromatic nitrogens is 12. The highest BCUT2D eigenvalue weighted by Gasteiger charge is 2.26. The number of anilines is 13. The summed E-state index contributed by atoms with van der Waals surface area (Å²) < 4.78 is 122. The number of benzene rings is 9. The number of sulfonamides is 3. The molecule has 15 aromatic rings. The number of hydrogen-bond donors (Lipinski definition) is 9. The predicted molar refractivity (Wildman–Crippen MR) is 522 cm³/mol. The van der Waals surface area contributed by atoms with E-state index in [-0.39, 0.29) is 11.7 Å². The minimum atomic E-state index is -3.58. The quantitative estimate of drug-likeness (QED) is 0.0172. The van der Waals surface area contributed by atoms with E-state index in [1.165, 1.54) is 56.6 Å². The minimum Gasteiger partial charge on any atom is -0.493 e. The molecule has 0 aliphatic heterocycles. The van der Waals surface area contributed by atoms with Crippen LogP contribution in [-0.4, -0.2) is 153 Å². The van der Waals surface area contributed by atoms with Crippen molar-refractivity contribution in [1.29, 1.82) is 0 Å². The number of fused-ring (bicyclic) bond motifs is 5. The summed E-state index contributed by atoms with van der Waals surface area (Å²) in [7, 11) is 1.87. The van der Waals surface area contributed by atoms with Crippen LogP contribution in [0.25, 0.3) is 54.6 Å². The molecule has 0 atom stereocenters. The lowest BCUT2D eigenvalue weighted by atomic mass is 10.1. The van der Waals surface area contributed by atoms with Crippen molar-refractivity contribution in [1.82, 2.24) is 59.6 Å². The van der Waals surface area contributed by atoms with Gasteiger partial charge in [0.25, 0.3) is 30.1 Å². The molecule has 134 heavy (non-hydrogen) atoms. The summed E-state index contributed by atoms with van der Waals surface area (Å²) in [6.45, 7) is 16.8. The van der Waals surface area contributed by atoms with Crippen LogP contribution in [0.5, 0.6) is 46.0 Å². The second kappa shape index (κ2) is 44.6. The van der Waals surface area contributed by atoms with Crippen LogP contribution in [0.3, 0.4) is 0 Å². The lowest BCUT2D eigenvalue weighted by Gasteiger charge is -2.13. The third-order valence-corrected chi connectivity index (χ3v) is 23.1. The molecular weight excluding hydrogens is 1780 g/mol. The number of ketones is 1. The number of hydrogen-bond acceptors (Lipinski definition) is 32. The molecular formula is C94H95N21O16S3. The molecule has 1 aliphatic rings. The van der Waals surface area contributed by atoms with Crippen molar-refractivity contribution in [3.63, 3.8) is 0 Å². The van der Waals surface area contributed by atoms with E-state index >= 15 is 0 Å². The van der Waals surface area contributed by atoms with Crippen LogP contribution in [0.2, 0.25) is 0 Å². The highest BCUT2D eigenvalue weighted by molar-refractivity contribution is 7.96. The van der Waals surface area contributed by atoms with Gasteiger partial charge in [0.2, 0.25) is 5.91 Å². The second-order valence-electron chi connectivity index (χ2n) is 28.9. The van der Waals surface area contributed by atoms with E-state index in [0.717, 1.165) is 107 Å². The number of allylic oxidation sites excluding steroid dienone is 1. The van der Waals surface area contributed by atoms with Crippen molar-refractivity contribution >= 4 is 171 Å². The number of nitrogens with two attached hydrogens (primary N) is 1. The van der Waals surface area contributed by atoms with Crippen LogP contribution in [0.4, 0.5) is 74.6 Å². The van der Waals surface area contributed by atoms with E-state index < -0.39 is 30.1 Å². The number of amides is 1. The maximum absolute atomic E-state index is 11.7. The van der Waals surface area contributed by atoms with E-state index in [2.05, 4.69) is 123 Å². The van der Waals surface area contributed by atoms with Gasteiger partial charge >= 0.3 is 0 Å². The number of nitrogens with one attached hydrogen (secondary N) is 8. The third kappa shape index (κ3) is 24.9. The number of nitrogens with zero attached hydrogens (tertiary/aromatic N) is 12. The monoisotopic (exact) mass is 1870 g/mol. The lowest BCUT2D eigenvalue weighted by Crippen LogP contribution is -2.09. The molecule has 0 spiro atoms.